The molecule has 0 amide bonds. The van der Waals surface area contributed by atoms with Crippen LogP contribution >= 0.6 is 0 Å². The Bertz CT molecular complexity index is 605. The molecule has 1 unspecified atom stereocenters. The quantitative estimate of drug-likeness (QED) is 0.847. The van der Waals surface area contributed by atoms with Crippen molar-refractivity contribution in [1.82, 2.24) is 14.9 Å². The van der Waals surface area contributed by atoms with Crippen LogP contribution in [0.4, 0.5) is 0 Å². The van der Waals surface area contributed by atoms with Gasteiger partial charge < -0.3 is 10.3 Å². The fourth-order valence-corrected chi connectivity index (χ4v) is 2.76. The van der Waals surface area contributed by atoms with Crippen molar-refractivity contribution in [3.05, 3.63) is 34.2 Å². The zero-order chi connectivity index (χ0) is 12.5. The number of aromatic nitrogens is 2. The monoisotopic (exact) mass is 245 g/mol. The summed E-state index contributed by atoms with van der Waals surface area (Å²) in [6.07, 6.45) is 3.66. The van der Waals surface area contributed by atoms with E-state index < -0.39 is 0 Å². The molecule has 3 rings (SSSR count). The van der Waals surface area contributed by atoms with E-state index in [-0.39, 0.29) is 5.69 Å². The molecule has 1 fully saturated rings. The minimum Gasteiger partial charge on any atom is -0.312 e. The Morgan fingerprint density at radius 3 is 3.06 bits per heavy atom. The Morgan fingerprint density at radius 2 is 2.28 bits per heavy atom. The van der Waals surface area contributed by atoms with E-state index in [2.05, 4.69) is 16.4 Å². The third kappa shape index (κ3) is 2.08. The number of rotatable bonds is 2. The average molecular weight is 245 g/mol. The predicted molar refractivity (Wildman–Crippen MR) is 72.9 cm³/mol. The maximum atomic E-state index is 12.0. The molecule has 4 heteroatoms. The molecule has 4 nitrogen and oxygen atoms in total. The number of aromatic amines is 1. The molecule has 0 spiro atoms. The highest BCUT2D eigenvalue weighted by Crippen LogP contribution is 2.14. The van der Waals surface area contributed by atoms with E-state index in [0.717, 1.165) is 30.5 Å². The van der Waals surface area contributed by atoms with E-state index in [1.165, 1.54) is 18.4 Å². The second-order valence-corrected chi connectivity index (χ2v) is 5.21. The molecule has 0 bridgehead atoms. The summed E-state index contributed by atoms with van der Waals surface area (Å²) in [6, 6.07) is 6.55. The Morgan fingerprint density at radius 1 is 1.39 bits per heavy atom. The van der Waals surface area contributed by atoms with Crippen molar-refractivity contribution in [2.24, 2.45) is 0 Å². The smallest absolute Gasteiger partial charge is 0.312 e. The molecule has 0 radical (unpaired) electrons. The Kier molecular flexibility index (Phi) is 2.96. The highest BCUT2D eigenvalue weighted by molar-refractivity contribution is 5.75. The van der Waals surface area contributed by atoms with Crippen LogP contribution in [0.25, 0.3) is 11.0 Å². The lowest BCUT2D eigenvalue weighted by Crippen LogP contribution is -2.39. The lowest BCUT2D eigenvalue weighted by atomic mass is 10.1. The van der Waals surface area contributed by atoms with Gasteiger partial charge in [0.1, 0.15) is 0 Å². The van der Waals surface area contributed by atoms with Crippen LogP contribution in [-0.4, -0.2) is 22.1 Å². The van der Waals surface area contributed by atoms with Crippen molar-refractivity contribution in [2.45, 2.75) is 38.8 Å². The molecule has 2 heterocycles. The normalized spacial score (nSPS) is 20.4. The van der Waals surface area contributed by atoms with Gasteiger partial charge in [0.2, 0.25) is 0 Å². The fourth-order valence-electron chi connectivity index (χ4n) is 2.76. The van der Waals surface area contributed by atoms with E-state index in [1.807, 2.05) is 23.6 Å². The number of H-pyrrole nitrogens is 1. The molecule has 1 saturated heterocycles. The van der Waals surface area contributed by atoms with Crippen molar-refractivity contribution >= 4 is 11.0 Å². The van der Waals surface area contributed by atoms with Crippen LogP contribution in [0.3, 0.4) is 0 Å². The number of aryl methyl sites for hydroxylation is 1. The number of benzene rings is 1. The molecule has 2 aromatic rings. The first-order valence-corrected chi connectivity index (χ1v) is 6.66. The molecule has 0 aliphatic carbocycles. The minimum atomic E-state index is 0.00275. The van der Waals surface area contributed by atoms with E-state index in [9.17, 15) is 4.79 Å². The molecule has 1 aromatic heterocycles. The lowest BCUT2D eigenvalue weighted by Gasteiger charge is -2.23. The van der Waals surface area contributed by atoms with Gasteiger partial charge in [-0.25, -0.2) is 4.79 Å². The molecule has 1 atom stereocenters. The van der Waals surface area contributed by atoms with Gasteiger partial charge in [-0.15, -0.1) is 0 Å². The third-order valence-corrected chi connectivity index (χ3v) is 3.74. The van der Waals surface area contributed by atoms with Gasteiger partial charge in [0.25, 0.3) is 0 Å². The van der Waals surface area contributed by atoms with Crippen molar-refractivity contribution in [2.75, 3.05) is 6.54 Å². The second kappa shape index (κ2) is 4.61. The van der Waals surface area contributed by atoms with E-state index >= 15 is 0 Å². The maximum Gasteiger partial charge on any atom is 0.326 e. The molecule has 1 aromatic carbocycles. The van der Waals surface area contributed by atoms with Crippen LogP contribution in [0, 0.1) is 6.92 Å². The number of imidazole rings is 1. The number of nitrogens with zero attached hydrogens (tertiary/aromatic N) is 1. The van der Waals surface area contributed by atoms with E-state index in [1.54, 1.807) is 0 Å². The summed E-state index contributed by atoms with van der Waals surface area (Å²) in [5.74, 6) is 0. The Balaban J connectivity index is 1.95. The first-order valence-electron chi connectivity index (χ1n) is 6.66. The molecule has 18 heavy (non-hydrogen) atoms. The first-order chi connectivity index (χ1) is 8.74. The van der Waals surface area contributed by atoms with E-state index in [4.69, 9.17) is 0 Å². The summed E-state index contributed by atoms with van der Waals surface area (Å²) in [7, 11) is 0. The predicted octanol–water partition coefficient (Wildman–Crippen LogP) is 1.78. The topological polar surface area (TPSA) is 49.8 Å². The average Bonchev–Trinajstić information content (AvgIpc) is 2.66. The third-order valence-electron chi connectivity index (χ3n) is 3.74. The van der Waals surface area contributed by atoms with Crippen molar-refractivity contribution in [3.8, 4) is 0 Å². The van der Waals surface area contributed by atoms with E-state index in [0.29, 0.717) is 6.04 Å². The van der Waals surface area contributed by atoms with Crippen LogP contribution in [0.15, 0.2) is 23.0 Å². The van der Waals surface area contributed by atoms with Crippen molar-refractivity contribution in [1.29, 1.82) is 0 Å². The van der Waals surface area contributed by atoms with Gasteiger partial charge in [0.15, 0.2) is 0 Å². The fraction of sp³-hybridized carbons (Fsp3) is 0.500. The van der Waals surface area contributed by atoms with Crippen LogP contribution in [0.5, 0.6) is 0 Å². The Hall–Kier alpha value is -1.55. The highest BCUT2D eigenvalue weighted by Gasteiger charge is 2.15. The van der Waals surface area contributed by atoms with Gasteiger partial charge in [-0.2, -0.15) is 0 Å². The van der Waals surface area contributed by atoms with Crippen LogP contribution in [0.2, 0.25) is 0 Å². The summed E-state index contributed by atoms with van der Waals surface area (Å²) < 4.78 is 1.86. The van der Waals surface area contributed by atoms with Gasteiger partial charge in [-0.1, -0.05) is 12.5 Å². The number of nitrogens with one attached hydrogen (secondary N) is 2. The molecule has 0 saturated carbocycles. The van der Waals surface area contributed by atoms with Crippen molar-refractivity contribution in [3.63, 3.8) is 0 Å². The zero-order valence-corrected chi connectivity index (χ0v) is 10.7. The molecule has 1 aliphatic rings. The minimum absolute atomic E-state index is 0.00275. The SMILES string of the molecule is Cc1ccc2c(c1)[nH]c(=O)n2CC1CCCCN1. The zero-order valence-electron chi connectivity index (χ0n) is 10.7. The molecule has 1 aliphatic heterocycles. The maximum absolute atomic E-state index is 12.0. The number of hydrogen-bond donors (Lipinski definition) is 2. The van der Waals surface area contributed by atoms with Gasteiger partial charge in [-0.05, 0) is 44.0 Å². The largest absolute Gasteiger partial charge is 0.326 e. The molecular weight excluding hydrogens is 226 g/mol. The standard InChI is InChI=1S/C14H19N3O/c1-10-5-6-13-12(8-10)16-14(18)17(13)9-11-4-2-3-7-15-11/h5-6,8,11,15H,2-4,7,9H2,1H3,(H,16,18). The van der Waals surface area contributed by atoms with Gasteiger partial charge >= 0.3 is 5.69 Å². The summed E-state index contributed by atoms with van der Waals surface area (Å²) in [4.78, 5) is 14.9. The number of hydrogen-bond acceptors (Lipinski definition) is 2. The van der Waals surface area contributed by atoms with Crippen LogP contribution in [0.1, 0.15) is 24.8 Å². The second-order valence-electron chi connectivity index (χ2n) is 5.21. The summed E-state index contributed by atoms with van der Waals surface area (Å²) >= 11 is 0. The van der Waals surface area contributed by atoms with Gasteiger partial charge in [0, 0.05) is 12.6 Å². The highest BCUT2D eigenvalue weighted by atomic mass is 16.1. The van der Waals surface area contributed by atoms with Gasteiger partial charge in [0.05, 0.1) is 11.0 Å². The Labute approximate surface area is 106 Å². The van der Waals surface area contributed by atoms with Crippen LogP contribution in [-0.2, 0) is 6.54 Å². The van der Waals surface area contributed by atoms with Gasteiger partial charge in [-0.3, -0.25) is 4.57 Å². The molecular formula is C14H19N3O. The molecule has 2 N–H and O–H groups in total. The number of fused-ring (bicyclic) bond motifs is 1. The summed E-state index contributed by atoms with van der Waals surface area (Å²) in [6.45, 7) is 3.88. The summed E-state index contributed by atoms with van der Waals surface area (Å²) in [5.41, 5.74) is 3.13. The summed E-state index contributed by atoms with van der Waals surface area (Å²) in [5, 5.41) is 3.49. The number of piperidine rings is 1. The first kappa shape index (κ1) is 11.5. The van der Waals surface area contributed by atoms with Crippen LogP contribution < -0.4 is 11.0 Å². The molecule has 96 valence electrons. The lowest BCUT2D eigenvalue weighted by molar-refractivity contribution is 0.363. The van der Waals surface area contributed by atoms with Crippen molar-refractivity contribution < 1.29 is 0 Å².